The van der Waals surface area contributed by atoms with E-state index in [1.54, 1.807) is 0 Å². The van der Waals surface area contributed by atoms with Crippen molar-refractivity contribution in [2.75, 3.05) is 0 Å². The molecule has 0 rings (SSSR count). The van der Waals surface area contributed by atoms with Gasteiger partial charge in [-0.1, -0.05) is 0 Å². The van der Waals surface area contributed by atoms with Gasteiger partial charge in [-0.15, -0.1) is 0 Å². The molecule has 0 aliphatic rings. The summed E-state index contributed by atoms with van der Waals surface area (Å²) in [5.74, 6) is 0. The summed E-state index contributed by atoms with van der Waals surface area (Å²) in [5.41, 5.74) is 0. The molecule has 0 amide bonds. The minimum atomic E-state index is 0. The fourth-order valence-corrected chi connectivity index (χ4v) is 0. The predicted molar refractivity (Wildman–Crippen MR) is 57.2 cm³/mol. The van der Waals surface area contributed by atoms with Gasteiger partial charge in [-0.25, -0.2) is 0 Å². The standard InChI is InChI=1S/6K.2Na.8H. The van der Waals surface area contributed by atoms with E-state index in [-0.39, 0.29) is 367 Å². The van der Waals surface area contributed by atoms with Crippen LogP contribution in [0.5, 0.6) is 0 Å². The summed E-state index contributed by atoms with van der Waals surface area (Å²) in [6.07, 6.45) is 0. The van der Waals surface area contributed by atoms with E-state index in [1.165, 1.54) is 0 Å². The third-order valence-corrected chi connectivity index (χ3v) is 0. The fourth-order valence-electron chi connectivity index (χ4n) is 0. The third-order valence-electron chi connectivity index (χ3n) is 0. The number of rotatable bonds is 0. The van der Waals surface area contributed by atoms with E-state index < -0.39 is 0 Å². The van der Waals surface area contributed by atoms with Gasteiger partial charge in [0, 0.05) is 0 Å². The van der Waals surface area contributed by atoms with Gasteiger partial charge in [-0.2, -0.15) is 0 Å². The zero-order valence-electron chi connectivity index (χ0n) is 0. The first-order valence-corrected chi connectivity index (χ1v) is 0. The second kappa shape index (κ2) is 42.8. The Hall–Kier alpha value is 11.8. The SMILES string of the molecule is [KH].[KH].[KH].[KH].[KH].[KH].[NaH].[NaH]. The van der Waals surface area contributed by atoms with Crippen molar-refractivity contribution in [3.8, 4) is 0 Å². The van der Waals surface area contributed by atoms with Crippen LogP contribution in [-0.4, -0.2) is 367 Å². The molecule has 8 heteroatoms. The number of hydrogen-bond acceptors (Lipinski definition) is 0. The van der Waals surface area contributed by atoms with E-state index in [0.29, 0.717) is 0 Å². The molecule has 0 spiro atoms. The Kier molecular flexibility index (Phi) is 269. The van der Waals surface area contributed by atoms with Crippen LogP contribution < -0.4 is 0 Å². The molecule has 0 aromatic heterocycles. The van der Waals surface area contributed by atoms with Crippen molar-refractivity contribution in [1.29, 1.82) is 0 Å². The summed E-state index contributed by atoms with van der Waals surface area (Å²) in [5, 5.41) is 0. The van der Waals surface area contributed by atoms with Crippen molar-refractivity contribution in [2.45, 2.75) is 0 Å². The molecule has 0 bridgehead atoms. The fraction of sp³-hybridized carbons (Fsp3) is 0. The molecular weight excluding hydrogens is 281 g/mol. The molecule has 0 saturated carbocycles. The molecule has 0 unspecified atom stereocenters. The molecule has 0 aliphatic heterocycles. The van der Waals surface area contributed by atoms with Crippen molar-refractivity contribution in [3.05, 3.63) is 0 Å². The summed E-state index contributed by atoms with van der Waals surface area (Å²) >= 11 is 0. The van der Waals surface area contributed by atoms with Crippen LogP contribution in [0.4, 0.5) is 0 Å². The van der Waals surface area contributed by atoms with Crippen molar-refractivity contribution in [2.24, 2.45) is 0 Å². The molecule has 0 nitrogen and oxygen atoms in total. The molecule has 16 valence electrons. The molecule has 8 heavy (non-hydrogen) atoms. The zero-order chi connectivity index (χ0) is 0. The van der Waals surface area contributed by atoms with E-state index in [2.05, 4.69) is 0 Å². The Bertz CT molecular complexity index is 6.49. The van der Waals surface area contributed by atoms with Crippen molar-refractivity contribution in [3.63, 3.8) is 0 Å². The van der Waals surface area contributed by atoms with Crippen LogP contribution in [0.2, 0.25) is 0 Å². The van der Waals surface area contributed by atoms with E-state index in [0.717, 1.165) is 0 Å². The first-order chi connectivity index (χ1) is 0. The molecule has 0 heterocycles. The van der Waals surface area contributed by atoms with Gasteiger partial charge in [0.25, 0.3) is 0 Å². The van der Waals surface area contributed by atoms with E-state index >= 15 is 0 Å². The Morgan fingerprint density at radius 1 is 0.250 bits per heavy atom. The maximum absolute atomic E-state index is 0. The first kappa shape index (κ1) is 50.2. The summed E-state index contributed by atoms with van der Waals surface area (Å²) in [7, 11) is 0. The summed E-state index contributed by atoms with van der Waals surface area (Å²) < 4.78 is 0. The summed E-state index contributed by atoms with van der Waals surface area (Å²) in [6.45, 7) is 0. The molecule has 0 aromatic carbocycles. The quantitative estimate of drug-likeness (QED) is 0.391. The van der Waals surface area contributed by atoms with Gasteiger partial charge < -0.3 is 0 Å². The van der Waals surface area contributed by atoms with Gasteiger partial charge in [-0.05, 0) is 0 Å². The second-order valence-electron chi connectivity index (χ2n) is 0. The Balaban J connectivity index is 0. The van der Waals surface area contributed by atoms with Gasteiger partial charge in [0.2, 0.25) is 0 Å². The van der Waals surface area contributed by atoms with Crippen molar-refractivity contribution >= 4 is 367 Å². The van der Waals surface area contributed by atoms with E-state index in [9.17, 15) is 0 Å². The van der Waals surface area contributed by atoms with Crippen molar-refractivity contribution in [1.82, 2.24) is 0 Å². The molecule has 0 aliphatic carbocycles. The summed E-state index contributed by atoms with van der Waals surface area (Å²) in [4.78, 5) is 0. The Morgan fingerprint density at radius 2 is 0.250 bits per heavy atom. The first-order valence-electron chi connectivity index (χ1n) is 0. The van der Waals surface area contributed by atoms with Crippen LogP contribution in [0.3, 0.4) is 0 Å². The average Bonchev–Trinajstić information content (AvgIpc) is 0. The molecule has 0 N–H and O–H groups in total. The molecule has 0 radical (unpaired) electrons. The van der Waals surface area contributed by atoms with Crippen molar-refractivity contribution < 1.29 is 0 Å². The second-order valence-corrected chi connectivity index (χ2v) is 0. The average molecular weight is 289 g/mol. The summed E-state index contributed by atoms with van der Waals surface area (Å²) in [6, 6.07) is 0. The monoisotopic (exact) mass is 288 g/mol. The Morgan fingerprint density at radius 3 is 0.250 bits per heavy atom. The normalized spacial score (nSPS) is 0. The van der Waals surface area contributed by atoms with E-state index in [4.69, 9.17) is 0 Å². The molecule has 0 atom stereocenters. The van der Waals surface area contributed by atoms with Crippen LogP contribution >= 0.6 is 0 Å². The molecular formula is H8K6Na2. The Labute approximate surface area is 352 Å². The van der Waals surface area contributed by atoms with Gasteiger partial charge >= 0.3 is 367 Å². The minimum absolute atomic E-state index is 0. The molecule has 0 aromatic rings. The van der Waals surface area contributed by atoms with Gasteiger partial charge in [0.15, 0.2) is 0 Å². The zero-order valence-corrected chi connectivity index (χ0v) is 0. The van der Waals surface area contributed by atoms with Crippen LogP contribution in [0.25, 0.3) is 0 Å². The van der Waals surface area contributed by atoms with Crippen LogP contribution in [0, 0.1) is 0 Å². The van der Waals surface area contributed by atoms with Gasteiger partial charge in [0.05, 0.1) is 0 Å². The third kappa shape index (κ3) is 36.1. The van der Waals surface area contributed by atoms with Gasteiger partial charge in [-0.3, -0.25) is 0 Å². The predicted octanol–water partition coefficient (Wildman–Crippen LogP) is -5.19. The molecule has 0 fully saturated rings. The maximum atomic E-state index is 0. The van der Waals surface area contributed by atoms with Crippen LogP contribution in [0.1, 0.15) is 0 Å². The number of hydrogen-bond donors (Lipinski definition) is 0. The molecule has 0 saturated heterocycles. The van der Waals surface area contributed by atoms with Gasteiger partial charge in [0.1, 0.15) is 0 Å². The van der Waals surface area contributed by atoms with Crippen LogP contribution in [0.15, 0.2) is 0 Å². The van der Waals surface area contributed by atoms with Crippen LogP contribution in [-0.2, 0) is 0 Å². The topological polar surface area (TPSA) is 0 Å². The van der Waals surface area contributed by atoms with E-state index in [1.807, 2.05) is 0 Å².